The van der Waals surface area contributed by atoms with E-state index in [1.54, 1.807) is 0 Å². The van der Waals surface area contributed by atoms with Gasteiger partial charge in [-0.05, 0) is 37.3 Å². The highest BCUT2D eigenvalue weighted by Gasteiger charge is 2.19. The van der Waals surface area contributed by atoms with Crippen LogP contribution >= 0.6 is 0 Å². The van der Waals surface area contributed by atoms with Gasteiger partial charge in [0.25, 0.3) is 0 Å². The van der Waals surface area contributed by atoms with Gasteiger partial charge < -0.3 is 10.2 Å². The normalized spacial score (nSPS) is 16.6. The standard InChI is InChI=1S/C17H23N3/c1-12-7-9-20(10-8-12)17-14-5-4-6-15(18-3)16(14)13(2)11-19-17/h4-6,11-12,18H,7-10H2,1-3H3. The van der Waals surface area contributed by atoms with Crippen molar-refractivity contribution >= 4 is 22.3 Å². The summed E-state index contributed by atoms with van der Waals surface area (Å²) in [6.45, 7) is 6.72. The molecule has 0 unspecified atom stereocenters. The molecule has 1 fully saturated rings. The maximum absolute atomic E-state index is 4.73. The molecule has 0 radical (unpaired) electrons. The molecule has 1 aromatic heterocycles. The van der Waals surface area contributed by atoms with Crippen molar-refractivity contribution in [1.29, 1.82) is 0 Å². The van der Waals surface area contributed by atoms with Crippen molar-refractivity contribution in [1.82, 2.24) is 4.98 Å². The lowest BCUT2D eigenvalue weighted by atomic mass is 9.98. The number of rotatable bonds is 2. The number of nitrogens with zero attached hydrogens (tertiary/aromatic N) is 2. The minimum absolute atomic E-state index is 0.843. The third-order valence-electron chi connectivity index (χ3n) is 4.43. The SMILES string of the molecule is CNc1cccc2c(N3CCC(C)CC3)ncc(C)c12. The van der Waals surface area contributed by atoms with E-state index in [1.807, 2.05) is 13.2 Å². The first-order valence-corrected chi connectivity index (χ1v) is 7.51. The topological polar surface area (TPSA) is 28.2 Å². The van der Waals surface area contributed by atoms with Crippen LogP contribution in [-0.4, -0.2) is 25.1 Å². The van der Waals surface area contributed by atoms with Crippen LogP contribution in [0.25, 0.3) is 10.8 Å². The molecule has 2 heterocycles. The number of nitrogens with one attached hydrogen (secondary N) is 1. The molecule has 3 nitrogen and oxygen atoms in total. The van der Waals surface area contributed by atoms with Gasteiger partial charge in [-0.25, -0.2) is 4.98 Å². The predicted molar refractivity (Wildman–Crippen MR) is 86.6 cm³/mol. The van der Waals surface area contributed by atoms with Crippen LogP contribution in [0.4, 0.5) is 11.5 Å². The van der Waals surface area contributed by atoms with Gasteiger partial charge in [0, 0.05) is 42.8 Å². The van der Waals surface area contributed by atoms with Crippen molar-refractivity contribution in [2.45, 2.75) is 26.7 Å². The van der Waals surface area contributed by atoms with Gasteiger partial charge in [0.2, 0.25) is 0 Å². The Labute approximate surface area is 121 Å². The molecule has 20 heavy (non-hydrogen) atoms. The molecule has 1 saturated heterocycles. The molecule has 3 heteroatoms. The summed E-state index contributed by atoms with van der Waals surface area (Å²) in [7, 11) is 1.98. The van der Waals surface area contributed by atoms with Crippen LogP contribution in [0.2, 0.25) is 0 Å². The smallest absolute Gasteiger partial charge is 0.136 e. The molecule has 0 saturated carbocycles. The Bertz CT molecular complexity index is 613. The fourth-order valence-corrected chi connectivity index (χ4v) is 3.14. The first kappa shape index (κ1) is 13.2. The van der Waals surface area contributed by atoms with Crippen LogP contribution < -0.4 is 10.2 Å². The van der Waals surface area contributed by atoms with Crippen LogP contribution in [0, 0.1) is 12.8 Å². The highest BCUT2D eigenvalue weighted by atomic mass is 15.2. The molecule has 1 aromatic carbocycles. The third kappa shape index (κ3) is 2.21. The lowest BCUT2D eigenvalue weighted by Crippen LogP contribution is -2.33. The Morgan fingerprint density at radius 1 is 1.25 bits per heavy atom. The third-order valence-corrected chi connectivity index (χ3v) is 4.43. The number of hydrogen-bond donors (Lipinski definition) is 1. The van der Waals surface area contributed by atoms with Gasteiger partial charge in [-0.2, -0.15) is 0 Å². The molecule has 3 rings (SSSR count). The predicted octanol–water partition coefficient (Wildman–Crippen LogP) is 3.82. The minimum atomic E-state index is 0.843. The number of aryl methyl sites for hydroxylation is 1. The molecule has 0 atom stereocenters. The highest BCUT2D eigenvalue weighted by Crippen LogP contribution is 2.33. The van der Waals surface area contributed by atoms with E-state index in [1.165, 1.54) is 34.9 Å². The summed E-state index contributed by atoms with van der Waals surface area (Å²) in [5.74, 6) is 1.99. The first-order valence-electron chi connectivity index (χ1n) is 7.51. The van der Waals surface area contributed by atoms with Crippen molar-refractivity contribution in [2.24, 2.45) is 5.92 Å². The summed E-state index contributed by atoms with van der Waals surface area (Å²) in [4.78, 5) is 7.17. The van der Waals surface area contributed by atoms with Crippen LogP contribution in [0.1, 0.15) is 25.3 Å². The number of anilines is 2. The Morgan fingerprint density at radius 2 is 2.00 bits per heavy atom. The van der Waals surface area contributed by atoms with Gasteiger partial charge in [-0.3, -0.25) is 0 Å². The van der Waals surface area contributed by atoms with Crippen molar-refractivity contribution in [2.75, 3.05) is 30.4 Å². The minimum Gasteiger partial charge on any atom is -0.388 e. The van der Waals surface area contributed by atoms with Crippen molar-refractivity contribution in [3.8, 4) is 0 Å². The van der Waals surface area contributed by atoms with E-state index in [0.717, 1.165) is 24.8 Å². The van der Waals surface area contributed by atoms with Crippen molar-refractivity contribution < 1.29 is 0 Å². The van der Waals surface area contributed by atoms with Gasteiger partial charge in [-0.1, -0.05) is 19.1 Å². The molecule has 1 aliphatic heterocycles. The molecule has 0 bridgehead atoms. The second kappa shape index (κ2) is 5.31. The molecule has 106 valence electrons. The van der Waals surface area contributed by atoms with Gasteiger partial charge in [0.15, 0.2) is 0 Å². The molecular formula is C17H23N3. The second-order valence-corrected chi connectivity index (χ2v) is 5.91. The fraction of sp³-hybridized carbons (Fsp3) is 0.471. The van der Waals surface area contributed by atoms with Crippen molar-refractivity contribution in [3.05, 3.63) is 30.0 Å². The second-order valence-electron chi connectivity index (χ2n) is 5.91. The number of benzene rings is 1. The maximum Gasteiger partial charge on any atom is 0.136 e. The molecule has 1 aliphatic rings. The van der Waals surface area contributed by atoms with E-state index >= 15 is 0 Å². The van der Waals surface area contributed by atoms with Crippen LogP contribution in [0.5, 0.6) is 0 Å². The van der Waals surface area contributed by atoms with Gasteiger partial charge >= 0.3 is 0 Å². The van der Waals surface area contributed by atoms with Crippen LogP contribution in [-0.2, 0) is 0 Å². The quantitative estimate of drug-likeness (QED) is 0.898. The van der Waals surface area contributed by atoms with E-state index in [-0.39, 0.29) is 0 Å². The average molecular weight is 269 g/mol. The van der Waals surface area contributed by atoms with E-state index < -0.39 is 0 Å². The fourth-order valence-electron chi connectivity index (χ4n) is 3.14. The lowest BCUT2D eigenvalue weighted by Gasteiger charge is -2.32. The maximum atomic E-state index is 4.73. The van der Waals surface area contributed by atoms with E-state index in [2.05, 4.69) is 42.3 Å². The molecular weight excluding hydrogens is 246 g/mol. The largest absolute Gasteiger partial charge is 0.388 e. The average Bonchev–Trinajstić information content (AvgIpc) is 2.48. The Kier molecular flexibility index (Phi) is 3.51. The molecule has 1 N–H and O–H groups in total. The van der Waals surface area contributed by atoms with E-state index in [9.17, 15) is 0 Å². The Balaban J connectivity index is 2.10. The van der Waals surface area contributed by atoms with E-state index in [0.29, 0.717) is 0 Å². The summed E-state index contributed by atoms with van der Waals surface area (Å²) >= 11 is 0. The Morgan fingerprint density at radius 3 is 2.70 bits per heavy atom. The van der Waals surface area contributed by atoms with Gasteiger partial charge in [-0.15, -0.1) is 0 Å². The Hall–Kier alpha value is -1.77. The summed E-state index contributed by atoms with van der Waals surface area (Å²) < 4.78 is 0. The number of pyridine rings is 1. The lowest BCUT2D eigenvalue weighted by molar-refractivity contribution is 0.437. The van der Waals surface area contributed by atoms with Crippen LogP contribution in [0.15, 0.2) is 24.4 Å². The zero-order valence-corrected chi connectivity index (χ0v) is 12.6. The molecule has 2 aromatic rings. The summed E-state index contributed by atoms with van der Waals surface area (Å²) in [5.41, 5.74) is 2.42. The zero-order valence-electron chi connectivity index (χ0n) is 12.6. The first-order chi connectivity index (χ1) is 9.70. The summed E-state index contributed by atoms with van der Waals surface area (Å²) in [6.07, 6.45) is 4.54. The number of piperidine rings is 1. The zero-order chi connectivity index (χ0) is 14.1. The number of hydrogen-bond acceptors (Lipinski definition) is 3. The van der Waals surface area contributed by atoms with Crippen LogP contribution in [0.3, 0.4) is 0 Å². The summed E-state index contributed by atoms with van der Waals surface area (Å²) in [5, 5.41) is 5.88. The summed E-state index contributed by atoms with van der Waals surface area (Å²) in [6, 6.07) is 6.45. The van der Waals surface area contributed by atoms with E-state index in [4.69, 9.17) is 4.98 Å². The monoisotopic (exact) mass is 269 g/mol. The van der Waals surface area contributed by atoms with Gasteiger partial charge in [0.1, 0.15) is 5.82 Å². The highest BCUT2D eigenvalue weighted by molar-refractivity contribution is 6.02. The van der Waals surface area contributed by atoms with Crippen molar-refractivity contribution in [3.63, 3.8) is 0 Å². The van der Waals surface area contributed by atoms with Gasteiger partial charge in [0.05, 0.1) is 0 Å². The molecule has 0 spiro atoms. The molecule has 0 amide bonds. The number of fused-ring (bicyclic) bond motifs is 1. The molecule has 0 aliphatic carbocycles. The number of aromatic nitrogens is 1.